The molecule has 1 aromatic heterocycles. The highest BCUT2D eigenvalue weighted by Gasteiger charge is 2.27. The third-order valence-electron chi connectivity index (χ3n) is 4.72. The zero-order valence-electron chi connectivity index (χ0n) is 17.1. The Bertz CT molecular complexity index is 1310. The fraction of sp³-hybridized carbons (Fsp3) is 0.0909. The van der Waals surface area contributed by atoms with Crippen LogP contribution in [0.2, 0.25) is 0 Å². The predicted molar refractivity (Wildman–Crippen MR) is 115 cm³/mol. The summed E-state index contributed by atoms with van der Waals surface area (Å²) in [5, 5.41) is 28.0. The second-order valence-corrected chi connectivity index (χ2v) is 6.76. The second kappa shape index (κ2) is 9.14. The number of ether oxygens (including phenoxy) is 2. The van der Waals surface area contributed by atoms with Crippen molar-refractivity contribution in [1.82, 2.24) is 4.98 Å². The van der Waals surface area contributed by atoms with Crippen LogP contribution in [0.15, 0.2) is 47.3 Å². The van der Waals surface area contributed by atoms with Crippen molar-refractivity contribution in [2.75, 3.05) is 12.8 Å². The zero-order valence-corrected chi connectivity index (χ0v) is 17.1. The van der Waals surface area contributed by atoms with Crippen LogP contribution in [0.4, 0.5) is 5.82 Å². The molecule has 0 aliphatic heterocycles. The van der Waals surface area contributed by atoms with E-state index >= 15 is 0 Å². The third-order valence-corrected chi connectivity index (χ3v) is 4.72. The molecule has 0 aliphatic carbocycles. The molecule has 11 nitrogen and oxygen atoms in total. The molecule has 0 aliphatic rings. The summed E-state index contributed by atoms with van der Waals surface area (Å²) >= 11 is 0. The number of nitrogen functional groups attached to an aromatic ring is 1. The van der Waals surface area contributed by atoms with Gasteiger partial charge in [0.1, 0.15) is 23.6 Å². The normalized spacial score (nSPS) is 10.5. The van der Waals surface area contributed by atoms with Crippen molar-refractivity contribution in [1.29, 1.82) is 0 Å². The van der Waals surface area contributed by atoms with Crippen molar-refractivity contribution < 1.29 is 39.2 Å². The van der Waals surface area contributed by atoms with E-state index in [2.05, 4.69) is 0 Å². The van der Waals surface area contributed by atoms with Crippen molar-refractivity contribution in [3.8, 4) is 22.6 Å². The molecule has 0 bridgehead atoms. The van der Waals surface area contributed by atoms with Gasteiger partial charge >= 0.3 is 17.9 Å². The van der Waals surface area contributed by atoms with E-state index in [-0.39, 0.29) is 34.8 Å². The van der Waals surface area contributed by atoms with Gasteiger partial charge in [0, 0.05) is 5.56 Å². The molecule has 33 heavy (non-hydrogen) atoms. The first-order chi connectivity index (χ1) is 15.6. The highest BCUT2D eigenvalue weighted by molar-refractivity contribution is 6.07. The van der Waals surface area contributed by atoms with Crippen LogP contribution in [0.1, 0.15) is 36.6 Å². The number of carboxylic acids is 3. The number of aromatic amines is 1. The number of aromatic carboxylic acids is 3. The average molecular weight is 454 g/mol. The maximum absolute atomic E-state index is 12.2. The topological polar surface area (TPSA) is 189 Å². The molecule has 0 radical (unpaired) electrons. The summed E-state index contributed by atoms with van der Waals surface area (Å²) < 4.78 is 11.0. The predicted octanol–water partition coefficient (Wildman–Crippen LogP) is 2.31. The van der Waals surface area contributed by atoms with E-state index in [1.165, 1.54) is 37.4 Å². The van der Waals surface area contributed by atoms with Gasteiger partial charge in [-0.05, 0) is 35.4 Å². The summed E-state index contributed by atoms with van der Waals surface area (Å²) in [5.74, 6) is -4.31. The summed E-state index contributed by atoms with van der Waals surface area (Å²) in [6.07, 6.45) is 0. The van der Waals surface area contributed by atoms with Crippen LogP contribution in [-0.2, 0) is 6.61 Å². The van der Waals surface area contributed by atoms with Crippen LogP contribution in [-0.4, -0.2) is 45.3 Å². The molecule has 3 rings (SSSR count). The Morgan fingerprint density at radius 2 is 1.55 bits per heavy atom. The monoisotopic (exact) mass is 454 g/mol. The molecule has 0 atom stereocenters. The summed E-state index contributed by atoms with van der Waals surface area (Å²) in [7, 11) is 1.33. The third kappa shape index (κ3) is 4.61. The Morgan fingerprint density at radius 1 is 0.909 bits per heavy atom. The quantitative estimate of drug-likeness (QED) is 0.338. The van der Waals surface area contributed by atoms with Crippen molar-refractivity contribution in [2.45, 2.75) is 6.61 Å². The van der Waals surface area contributed by atoms with Gasteiger partial charge in [0.15, 0.2) is 11.5 Å². The molecule has 1 heterocycles. The number of hydrogen-bond acceptors (Lipinski definition) is 7. The van der Waals surface area contributed by atoms with Gasteiger partial charge in [0.05, 0.1) is 12.7 Å². The molecule has 2 aromatic carbocycles. The minimum atomic E-state index is -1.63. The lowest BCUT2D eigenvalue weighted by molar-refractivity contribution is 0.0682. The average Bonchev–Trinajstić information content (AvgIpc) is 2.76. The van der Waals surface area contributed by atoms with E-state index in [9.17, 15) is 29.4 Å². The van der Waals surface area contributed by atoms with E-state index in [1.54, 1.807) is 12.1 Å². The van der Waals surface area contributed by atoms with Gasteiger partial charge in [-0.2, -0.15) is 0 Å². The van der Waals surface area contributed by atoms with Crippen LogP contribution in [0, 0.1) is 0 Å². The lowest BCUT2D eigenvalue weighted by Crippen LogP contribution is -2.24. The Hall–Kier alpha value is -4.80. The van der Waals surface area contributed by atoms with E-state index in [4.69, 9.17) is 20.3 Å². The minimum Gasteiger partial charge on any atom is -0.493 e. The van der Waals surface area contributed by atoms with Gasteiger partial charge in [-0.1, -0.05) is 18.2 Å². The van der Waals surface area contributed by atoms with Crippen LogP contribution in [0.25, 0.3) is 11.1 Å². The molecule has 11 heteroatoms. The zero-order chi connectivity index (χ0) is 24.3. The van der Waals surface area contributed by atoms with Crippen LogP contribution < -0.4 is 20.8 Å². The molecule has 0 spiro atoms. The van der Waals surface area contributed by atoms with E-state index in [0.29, 0.717) is 5.56 Å². The number of H-pyrrole nitrogens is 1. The molecule has 6 N–H and O–H groups in total. The Morgan fingerprint density at radius 3 is 2.09 bits per heavy atom. The van der Waals surface area contributed by atoms with Gasteiger partial charge in [0.25, 0.3) is 5.56 Å². The van der Waals surface area contributed by atoms with Gasteiger partial charge in [-0.25, -0.2) is 14.4 Å². The molecular weight excluding hydrogens is 436 g/mol. The number of carboxylic acid groups (broad SMARTS) is 3. The van der Waals surface area contributed by atoms with Crippen molar-refractivity contribution in [2.24, 2.45) is 0 Å². The second-order valence-electron chi connectivity index (χ2n) is 6.76. The SMILES string of the molecule is COc1cc(-c2c(C(=O)O)c(N)[nH]c(=O)c2C(=O)O)ccc1OCc1ccc(C(=O)O)cc1. The number of benzene rings is 2. The van der Waals surface area contributed by atoms with Gasteiger partial charge in [0.2, 0.25) is 0 Å². The van der Waals surface area contributed by atoms with Gasteiger partial charge in [-0.15, -0.1) is 0 Å². The Kier molecular flexibility index (Phi) is 6.34. The lowest BCUT2D eigenvalue weighted by Gasteiger charge is -2.15. The Labute approximate surface area is 185 Å². The smallest absolute Gasteiger partial charge is 0.342 e. The number of nitrogens with two attached hydrogens (primary N) is 1. The number of hydrogen-bond donors (Lipinski definition) is 5. The lowest BCUT2D eigenvalue weighted by atomic mass is 9.95. The fourth-order valence-corrected chi connectivity index (χ4v) is 3.18. The van der Waals surface area contributed by atoms with Gasteiger partial charge in [-0.3, -0.25) is 4.79 Å². The maximum Gasteiger partial charge on any atom is 0.342 e. The first-order valence-electron chi connectivity index (χ1n) is 9.29. The van der Waals surface area contributed by atoms with Crippen LogP contribution in [0.3, 0.4) is 0 Å². The molecule has 0 saturated carbocycles. The number of nitrogens with one attached hydrogen (secondary N) is 1. The highest BCUT2D eigenvalue weighted by atomic mass is 16.5. The largest absolute Gasteiger partial charge is 0.493 e. The number of aromatic nitrogens is 1. The molecule has 3 aromatic rings. The number of carbonyl (C=O) groups is 3. The number of pyridine rings is 1. The van der Waals surface area contributed by atoms with Crippen molar-refractivity contribution in [3.63, 3.8) is 0 Å². The molecular formula is C22H18N2O9. The van der Waals surface area contributed by atoms with E-state index < -0.39 is 40.4 Å². The molecule has 0 saturated heterocycles. The highest BCUT2D eigenvalue weighted by Crippen LogP contribution is 2.36. The first-order valence-corrected chi connectivity index (χ1v) is 9.29. The summed E-state index contributed by atoms with van der Waals surface area (Å²) in [5.41, 5.74) is 3.75. The van der Waals surface area contributed by atoms with E-state index in [1.807, 2.05) is 4.98 Å². The molecule has 0 unspecified atom stereocenters. The number of anilines is 1. The van der Waals surface area contributed by atoms with Crippen molar-refractivity contribution in [3.05, 3.63) is 75.1 Å². The molecule has 170 valence electrons. The molecule has 0 fully saturated rings. The summed E-state index contributed by atoms with van der Waals surface area (Å²) in [4.78, 5) is 48.6. The fourth-order valence-electron chi connectivity index (χ4n) is 3.18. The maximum atomic E-state index is 12.2. The van der Waals surface area contributed by atoms with Crippen LogP contribution >= 0.6 is 0 Å². The number of rotatable bonds is 8. The van der Waals surface area contributed by atoms with Gasteiger partial charge < -0.3 is 35.5 Å². The van der Waals surface area contributed by atoms with Crippen LogP contribution in [0.5, 0.6) is 11.5 Å². The molecule has 0 amide bonds. The summed E-state index contributed by atoms with van der Waals surface area (Å²) in [6.45, 7) is 0.0638. The standard InChI is InChI=1S/C22H18N2O9/c1-32-14-8-12(15-16(21(28)29)18(23)24-19(25)17(15)22(30)31)6-7-13(14)33-9-10-2-4-11(5-3-10)20(26)27/h2-8H,9H2,1H3,(H,26,27)(H,28,29)(H,30,31)(H3,23,24,25). The Balaban J connectivity index is 2.02. The van der Waals surface area contributed by atoms with E-state index in [0.717, 1.165) is 0 Å². The first kappa shape index (κ1) is 22.9. The minimum absolute atomic E-state index is 0.0638. The summed E-state index contributed by atoms with van der Waals surface area (Å²) in [6, 6.07) is 10.2. The van der Waals surface area contributed by atoms with Crippen molar-refractivity contribution >= 4 is 23.7 Å². The number of methoxy groups -OCH3 is 1.